The molecule has 0 fully saturated rings. The first-order valence-electron chi connectivity index (χ1n) is 5.12. The van der Waals surface area contributed by atoms with Crippen LogP contribution in [0.5, 0.6) is 5.88 Å². The number of carbonyl (C=O) groups is 2. The highest BCUT2D eigenvalue weighted by Crippen LogP contribution is 2.19. The number of aromatic nitrogens is 2. The number of ether oxygens (including phenoxy) is 1. The van der Waals surface area contributed by atoms with Crippen LogP contribution >= 0.6 is 0 Å². The summed E-state index contributed by atoms with van der Waals surface area (Å²) < 4.78 is 5.00. The summed E-state index contributed by atoms with van der Waals surface area (Å²) in [6.07, 6.45) is 1.31. The molecule has 0 atom stereocenters. The molecule has 98 valence electrons. The van der Waals surface area contributed by atoms with Crippen LogP contribution in [-0.2, 0) is 9.59 Å². The fourth-order valence-corrected chi connectivity index (χ4v) is 1.22. The first-order valence-corrected chi connectivity index (χ1v) is 5.12. The molecule has 0 bridgehead atoms. The molecule has 1 aromatic rings. The first kappa shape index (κ1) is 13.7. The van der Waals surface area contributed by atoms with Gasteiger partial charge >= 0.3 is 5.97 Å². The molecule has 0 aromatic carbocycles. The lowest BCUT2D eigenvalue weighted by molar-refractivity contribution is -0.137. The number of aliphatic carboxylic acids is 1. The minimum Gasteiger partial charge on any atom is -0.481 e. The number of hydrogen-bond donors (Lipinski definition) is 3. The Labute approximate surface area is 103 Å². The Morgan fingerprint density at radius 2 is 2.11 bits per heavy atom. The zero-order valence-corrected chi connectivity index (χ0v) is 10.1. The number of methoxy groups -OCH3 is 1. The van der Waals surface area contributed by atoms with E-state index in [-0.39, 0.29) is 6.54 Å². The van der Waals surface area contributed by atoms with Crippen LogP contribution < -0.4 is 15.4 Å². The second-order valence-electron chi connectivity index (χ2n) is 3.38. The van der Waals surface area contributed by atoms with Gasteiger partial charge in [-0.15, -0.1) is 0 Å². The molecule has 1 rings (SSSR count). The standard InChI is InChI=1S/C10H14N4O4/c1-6-9(13-5-14-10(6)18-2)12-3-7(15)11-4-8(16)17/h5H,3-4H2,1-2H3,(H,11,15)(H,16,17)(H,12,13,14). The van der Waals surface area contributed by atoms with Gasteiger partial charge in [-0.25, -0.2) is 9.97 Å². The lowest BCUT2D eigenvalue weighted by atomic mass is 10.3. The fourth-order valence-electron chi connectivity index (χ4n) is 1.22. The van der Waals surface area contributed by atoms with Gasteiger partial charge in [-0.1, -0.05) is 0 Å². The van der Waals surface area contributed by atoms with E-state index in [1.54, 1.807) is 6.92 Å². The largest absolute Gasteiger partial charge is 0.481 e. The molecule has 0 saturated heterocycles. The number of rotatable bonds is 6. The average molecular weight is 254 g/mol. The Kier molecular flexibility index (Phi) is 4.85. The van der Waals surface area contributed by atoms with Crippen molar-refractivity contribution in [1.82, 2.24) is 15.3 Å². The molecule has 0 aliphatic rings. The second kappa shape index (κ2) is 6.38. The minimum absolute atomic E-state index is 0.0751. The van der Waals surface area contributed by atoms with E-state index in [1.807, 2.05) is 0 Å². The molecular weight excluding hydrogens is 240 g/mol. The van der Waals surface area contributed by atoms with Crippen molar-refractivity contribution >= 4 is 17.7 Å². The number of amides is 1. The van der Waals surface area contributed by atoms with Gasteiger partial charge in [-0.05, 0) is 6.92 Å². The summed E-state index contributed by atoms with van der Waals surface area (Å²) in [5.74, 6) is -0.650. The molecule has 3 N–H and O–H groups in total. The van der Waals surface area contributed by atoms with E-state index < -0.39 is 18.4 Å². The Morgan fingerprint density at radius 3 is 2.72 bits per heavy atom. The molecule has 0 spiro atoms. The normalized spacial score (nSPS) is 9.67. The third-order valence-corrected chi connectivity index (χ3v) is 2.08. The highest BCUT2D eigenvalue weighted by molar-refractivity contribution is 5.84. The zero-order valence-electron chi connectivity index (χ0n) is 10.1. The Hall–Kier alpha value is -2.38. The summed E-state index contributed by atoms with van der Waals surface area (Å²) >= 11 is 0. The predicted octanol–water partition coefficient (Wildman–Crippen LogP) is -0.594. The molecule has 0 saturated carbocycles. The van der Waals surface area contributed by atoms with Crippen molar-refractivity contribution in [2.45, 2.75) is 6.92 Å². The van der Waals surface area contributed by atoms with Gasteiger partial charge in [0, 0.05) is 0 Å². The summed E-state index contributed by atoms with van der Waals surface area (Å²) in [4.78, 5) is 29.4. The van der Waals surface area contributed by atoms with Crippen LogP contribution in [0.2, 0.25) is 0 Å². The van der Waals surface area contributed by atoms with Crippen molar-refractivity contribution in [1.29, 1.82) is 0 Å². The number of anilines is 1. The quantitative estimate of drug-likeness (QED) is 0.621. The van der Waals surface area contributed by atoms with E-state index >= 15 is 0 Å². The predicted molar refractivity (Wildman–Crippen MR) is 62.5 cm³/mol. The van der Waals surface area contributed by atoms with Gasteiger partial charge in [-0.2, -0.15) is 0 Å². The van der Waals surface area contributed by atoms with Gasteiger partial charge < -0.3 is 20.5 Å². The number of carboxylic acids is 1. The second-order valence-corrected chi connectivity index (χ2v) is 3.38. The lowest BCUT2D eigenvalue weighted by Gasteiger charge is -2.10. The topological polar surface area (TPSA) is 113 Å². The molecule has 0 aliphatic heterocycles. The maximum atomic E-state index is 11.3. The number of carbonyl (C=O) groups excluding carboxylic acids is 1. The van der Waals surface area contributed by atoms with E-state index in [1.165, 1.54) is 13.4 Å². The van der Waals surface area contributed by atoms with Crippen molar-refractivity contribution < 1.29 is 19.4 Å². The first-order chi connectivity index (χ1) is 8.54. The molecule has 0 aliphatic carbocycles. The van der Waals surface area contributed by atoms with Crippen LogP contribution in [0, 0.1) is 6.92 Å². The van der Waals surface area contributed by atoms with Crippen LogP contribution in [0.15, 0.2) is 6.33 Å². The molecule has 8 nitrogen and oxygen atoms in total. The maximum absolute atomic E-state index is 11.3. The number of nitrogens with zero attached hydrogens (tertiary/aromatic N) is 2. The maximum Gasteiger partial charge on any atom is 0.322 e. The van der Waals surface area contributed by atoms with Crippen LogP contribution in [0.1, 0.15) is 5.56 Å². The van der Waals surface area contributed by atoms with E-state index in [4.69, 9.17) is 9.84 Å². The summed E-state index contributed by atoms with van der Waals surface area (Å²) in [6.45, 7) is 1.26. The summed E-state index contributed by atoms with van der Waals surface area (Å²) in [7, 11) is 1.48. The molecule has 1 heterocycles. The third-order valence-electron chi connectivity index (χ3n) is 2.08. The lowest BCUT2D eigenvalue weighted by Crippen LogP contribution is -2.34. The van der Waals surface area contributed by atoms with Crippen LogP contribution in [-0.4, -0.2) is 47.2 Å². The summed E-state index contributed by atoms with van der Waals surface area (Å²) in [6, 6.07) is 0. The molecule has 18 heavy (non-hydrogen) atoms. The van der Waals surface area contributed by atoms with Gasteiger partial charge in [0.15, 0.2) is 0 Å². The van der Waals surface area contributed by atoms with Gasteiger partial charge in [0.25, 0.3) is 0 Å². The van der Waals surface area contributed by atoms with E-state index in [0.29, 0.717) is 17.3 Å². The number of hydrogen-bond acceptors (Lipinski definition) is 6. The van der Waals surface area contributed by atoms with Crippen molar-refractivity contribution in [2.75, 3.05) is 25.5 Å². The van der Waals surface area contributed by atoms with Gasteiger partial charge in [0.05, 0.1) is 19.2 Å². The van der Waals surface area contributed by atoms with Crippen LogP contribution in [0.3, 0.4) is 0 Å². The summed E-state index contributed by atoms with van der Waals surface area (Å²) in [5.41, 5.74) is 0.672. The molecule has 0 unspecified atom stereocenters. The highest BCUT2D eigenvalue weighted by atomic mass is 16.5. The summed E-state index contributed by atoms with van der Waals surface area (Å²) in [5, 5.41) is 13.4. The minimum atomic E-state index is -1.09. The van der Waals surface area contributed by atoms with Gasteiger partial charge in [0.2, 0.25) is 11.8 Å². The highest BCUT2D eigenvalue weighted by Gasteiger charge is 2.09. The van der Waals surface area contributed by atoms with E-state index in [2.05, 4.69) is 20.6 Å². The zero-order chi connectivity index (χ0) is 13.5. The molecule has 1 aromatic heterocycles. The monoisotopic (exact) mass is 254 g/mol. The van der Waals surface area contributed by atoms with E-state index in [0.717, 1.165) is 0 Å². The van der Waals surface area contributed by atoms with E-state index in [9.17, 15) is 9.59 Å². The van der Waals surface area contributed by atoms with Crippen LogP contribution in [0.25, 0.3) is 0 Å². The third kappa shape index (κ3) is 3.89. The van der Waals surface area contributed by atoms with Crippen molar-refractivity contribution in [3.05, 3.63) is 11.9 Å². The SMILES string of the molecule is COc1ncnc(NCC(=O)NCC(=O)O)c1C. The smallest absolute Gasteiger partial charge is 0.322 e. The van der Waals surface area contributed by atoms with Crippen LogP contribution in [0.4, 0.5) is 5.82 Å². The number of carboxylic acid groups (broad SMARTS) is 1. The van der Waals surface area contributed by atoms with Crippen molar-refractivity contribution in [3.63, 3.8) is 0 Å². The number of nitrogens with one attached hydrogen (secondary N) is 2. The Balaban J connectivity index is 2.53. The fraction of sp³-hybridized carbons (Fsp3) is 0.400. The van der Waals surface area contributed by atoms with Gasteiger partial charge in [0.1, 0.15) is 18.7 Å². The van der Waals surface area contributed by atoms with Crippen molar-refractivity contribution in [3.8, 4) is 5.88 Å². The van der Waals surface area contributed by atoms with Crippen molar-refractivity contribution in [2.24, 2.45) is 0 Å². The molecule has 1 amide bonds. The molecule has 8 heteroatoms. The Bertz CT molecular complexity index is 450. The molecule has 0 radical (unpaired) electrons. The Morgan fingerprint density at radius 1 is 1.39 bits per heavy atom. The van der Waals surface area contributed by atoms with Gasteiger partial charge in [-0.3, -0.25) is 9.59 Å². The molecular formula is C10H14N4O4. The average Bonchev–Trinajstić information content (AvgIpc) is 2.35.